The highest BCUT2D eigenvalue weighted by molar-refractivity contribution is 7.19. The van der Waals surface area contributed by atoms with Gasteiger partial charge in [-0.3, -0.25) is 0 Å². The van der Waals surface area contributed by atoms with Crippen LogP contribution in [0, 0.1) is 0 Å². The Hall–Kier alpha value is -1.24. The maximum Gasteiger partial charge on any atom is 0.138 e. The van der Waals surface area contributed by atoms with Gasteiger partial charge in [0.15, 0.2) is 0 Å². The SMILES string of the molecule is CC(O)C[C@H]1CCc2sc3ncnc(NC4CCC(N)CC4)c3c21. The van der Waals surface area contributed by atoms with Crippen LogP contribution in [0.25, 0.3) is 10.2 Å². The molecule has 1 unspecified atom stereocenters. The van der Waals surface area contributed by atoms with Crippen molar-refractivity contribution in [2.24, 2.45) is 5.73 Å². The van der Waals surface area contributed by atoms with Gasteiger partial charge in [0.2, 0.25) is 0 Å². The summed E-state index contributed by atoms with van der Waals surface area (Å²) in [5.74, 6) is 1.41. The number of aromatic nitrogens is 2. The maximum absolute atomic E-state index is 9.85. The van der Waals surface area contributed by atoms with Crippen LogP contribution in [0.3, 0.4) is 0 Å². The second-order valence-corrected chi connectivity index (χ2v) is 8.50. The number of aryl methyl sites for hydroxylation is 1. The van der Waals surface area contributed by atoms with Crippen molar-refractivity contribution in [3.63, 3.8) is 0 Å². The Morgan fingerprint density at radius 3 is 2.83 bits per heavy atom. The lowest BCUT2D eigenvalue weighted by Gasteiger charge is -2.27. The van der Waals surface area contributed by atoms with Crippen molar-refractivity contribution in [2.75, 3.05) is 5.32 Å². The summed E-state index contributed by atoms with van der Waals surface area (Å²) in [5, 5.41) is 14.7. The van der Waals surface area contributed by atoms with Crippen molar-refractivity contribution in [1.29, 1.82) is 0 Å². The Morgan fingerprint density at radius 1 is 1.29 bits per heavy atom. The highest BCUT2D eigenvalue weighted by Gasteiger charge is 2.31. The van der Waals surface area contributed by atoms with E-state index in [0.717, 1.165) is 55.6 Å². The number of hydrogen-bond donors (Lipinski definition) is 3. The first-order valence-corrected chi connectivity index (χ1v) is 9.90. The predicted octanol–water partition coefficient (Wildman–Crippen LogP) is 3.17. The first-order valence-electron chi connectivity index (χ1n) is 9.08. The quantitative estimate of drug-likeness (QED) is 0.792. The summed E-state index contributed by atoms with van der Waals surface area (Å²) < 4.78 is 0. The Morgan fingerprint density at radius 2 is 2.08 bits per heavy atom. The number of rotatable bonds is 4. The molecule has 0 radical (unpaired) electrons. The summed E-state index contributed by atoms with van der Waals surface area (Å²) >= 11 is 1.80. The molecule has 24 heavy (non-hydrogen) atoms. The van der Waals surface area contributed by atoms with Gasteiger partial charge in [-0.05, 0) is 63.4 Å². The molecule has 2 aromatic rings. The van der Waals surface area contributed by atoms with Gasteiger partial charge in [0.1, 0.15) is 17.0 Å². The molecular formula is C18H26N4OS. The standard InChI is InChI=1S/C18H26N4OS/c1-10(23)8-11-2-7-14-15(11)16-17(20-9-21-18(16)24-14)22-13-5-3-12(19)4-6-13/h9-13,23H,2-8,19H2,1H3,(H,20,21,22)/t10?,11-,12?,13?/m1/s1. The molecule has 2 aromatic heterocycles. The van der Waals surface area contributed by atoms with Gasteiger partial charge in [-0.25, -0.2) is 9.97 Å². The van der Waals surface area contributed by atoms with Crippen LogP contribution in [0.1, 0.15) is 61.8 Å². The Balaban J connectivity index is 1.66. The van der Waals surface area contributed by atoms with Crippen LogP contribution >= 0.6 is 11.3 Å². The van der Waals surface area contributed by atoms with Gasteiger partial charge in [0, 0.05) is 17.0 Å². The second kappa shape index (κ2) is 6.58. The van der Waals surface area contributed by atoms with Crippen LogP contribution < -0.4 is 11.1 Å². The van der Waals surface area contributed by atoms with Crippen LogP contribution in [-0.4, -0.2) is 33.3 Å². The van der Waals surface area contributed by atoms with Gasteiger partial charge >= 0.3 is 0 Å². The van der Waals surface area contributed by atoms with E-state index in [1.54, 1.807) is 17.7 Å². The molecule has 1 fully saturated rings. The minimum atomic E-state index is -0.267. The maximum atomic E-state index is 9.85. The van der Waals surface area contributed by atoms with E-state index in [9.17, 15) is 5.11 Å². The number of aliphatic hydroxyl groups excluding tert-OH is 1. The minimum Gasteiger partial charge on any atom is -0.393 e. The zero-order valence-electron chi connectivity index (χ0n) is 14.2. The van der Waals surface area contributed by atoms with Crippen molar-refractivity contribution < 1.29 is 5.11 Å². The number of fused-ring (bicyclic) bond motifs is 3. The summed E-state index contributed by atoms with van der Waals surface area (Å²) in [7, 11) is 0. The zero-order chi connectivity index (χ0) is 16.7. The van der Waals surface area contributed by atoms with Crippen LogP contribution in [-0.2, 0) is 6.42 Å². The average molecular weight is 347 g/mol. The van der Waals surface area contributed by atoms with Gasteiger partial charge < -0.3 is 16.2 Å². The van der Waals surface area contributed by atoms with Gasteiger partial charge in [-0.1, -0.05) is 0 Å². The molecule has 0 aromatic carbocycles. The molecule has 0 bridgehead atoms. The first kappa shape index (κ1) is 16.2. The normalized spacial score (nSPS) is 28.0. The molecule has 1 saturated carbocycles. The van der Waals surface area contributed by atoms with E-state index in [4.69, 9.17) is 5.73 Å². The van der Waals surface area contributed by atoms with Gasteiger partial charge in [0.25, 0.3) is 0 Å². The molecule has 2 atom stereocenters. The molecule has 0 saturated heterocycles. The molecule has 5 nitrogen and oxygen atoms in total. The largest absolute Gasteiger partial charge is 0.393 e. The highest BCUT2D eigenvalue weighted by atomic mass is 32.1. The molecular weight excluding hydrogens is 320 g/mol. The van der Waals surface area contributed by atoms with E-state index in [-0.39, 0.29) is 6.10 Å². The molecule has 6 heteroatoms. The number of thiophene rings is 1. The van der Waals surface area contributed by atoms with Crippen molar-refractivity contribution in [3.8, 4) is 0 Å². The first-order chi connectivity index (χ1) is 11.6. The lowest BCUT2D eigenvalue weighted by molar-refractivity contribution is 0.174. The Labute approximate surface area is 146 Å². The van der Waals surface area contributed by atoms with Crippen LogP contribution in [0.4, 0.5) is 5.82 Å². The van der Waals surface area contributed by atoms with Gasteiger partial charge in [-0.2, -0.15) is 0 Å². The van der Waals surface area contributed by atoms with Gasteiger partial charge in [-0.15, -0.1) is 11.3 Å². The summed E-state index contributed by atoms with van der Waals surface area (Å²) in [6.07, 6.45) is 8.85. The third kappa shape index (κ3) is 3.03. The molecule has 0 aliphatic heterocycles. The Kier molecular flexibility index (Phi) is 4.45. The summed E-state index contributed by atoms with van der Waals surface area (Å²) in [5.41, 5.74) is 7.42. The van der Waals surface area contributed by atoms with Crippen molar-refractivity contribution >= 4 is 27.4 Å². The third-order valence-corrected chi connectivity index (χ3v) is 6.64. The lowest BCUT2D eigenvalue weighted by atomic mass is 9.91. The number of aliphatic hydroxyl groups is 1. The summed E-state index contributed by atoms with van der Waals surface area (Å²) in [6.45, 7) is 1.88. The fourth-order valence-corrected chi connectivity index (χ4v) is 5.52. The van der Waals surface area contributed by atoms with Crippen LogP contribution in [0.5, 0.6) is 0 Å². The topological polar surface area (TPSA) is 84.1 Å². The zero-order valence-corrected chi connectivity index (χ0v) is 15.0. The monoisotopic (exact) mass is 346 g/mol. The van der Waals surface area contributed by atoms with Crippen molar-refractivity contribution in [2.45, 2.75) is 76.0 Å². The number of nitrogens with zero attached hydrogens (tertiary/aromatic N) is 2. The summed E-state index contributed by atoms with van der Waals surface area (Å²) in [4.78, 5) is 11.6. The molecule has 2 heterocycles. The van der Waals surface area contributed by atoms with Crippen LogP contribution in [0.2, 0.25) is 0 Å². The van der Waals surface area contributed by atoms with E-state index in [1.807, 2.05) is 6.92 Å². The third-order valence-electron chi connectivity index (χ3n) is 5.47. The average Bonchev–Trinajstić information content (AvgIpc) is 3.09. The lowest BCUT2D eigenvalue weighted by Crippen LogP contribution is -2.33. The van der Waals surface area contributed by atoms with E-state index < -0.39 is 0 Å². The molecule has 0 spiro atoms. The fraction of sp³-hybridized carbons (Fsp3) is 0.667. The number of nitrogens with two attached hydrogens (primary N) is 1. The Bertz CT molecular complexity index is 721. The molecule has 2 aliphatic carbocycles. The molecule has 2 aliphatic rings. The van der Waals surface area contributed by atoms with E-state index >= 15 is 0 Å². The second-order valence-electron chi connectivity index (χ2n) is 7.42. The smallest absolute Gasteiger partial charge is 0.138 e. The molecule has 4 N–H and O–H groups in total. The summed E-state index contributed by atoms with van der Waals surface area (Å²) in [6, 6.07) is 0.810. The number of nitrogens with one attached hydrogen (secondary N) is 1. The van der Waals surface area contributed by atoms with Crippen molar-refractivity contribution in [3.05, 3.63) is 16.8 Å². The van der Waals surface area contributed by atoms with Gasteiger partial charge in [0.05, 0.1) is 11.5 Å². The minimum absolute atomic E-state index is 0.267. The highest BCUT2D eigenvalue weighted by Crippen LogP contribution is 2.47. The van der Waals surface area contributed by atoms with E-state index in [0.29, 0.717) is 18.0 Å². The van der Waals surface area contributed by atoms with Crippen LogP contribution in [0.15, 0.2) is 6.33 Å². The molecule has 0 amide bonds. The molecule has 4 rings (SSSR count). The van der Waals surface area contributed by atoms with Crippen molar-refractivity contribution in [1.82, 2.24) is 9.97 Å². The fourth-order valence-electron chi connectivity index (χ4n) is 4.28. The predicted molar refractivity (Wildman–Crippen MR) is 98.6 cm³/mol. The number of anilines is 1. The number of hydrogen-bond acceptors (Lipinski definition) is 6. The van der Waals surface area contributed by atoms with E-state index in [1.165, 1.54) is 15.8 Å². The van der Waals surface area contributed by atoms with E-state index in [2.05, 4.69) is 15.3 Å². The molecule has 130 valence electrons.